The summed E-state index contributed by atoms with van der Waals surface area (Å²) in [6, 6.07) is 9.92. The van der Waals surface area contributed by atoms with Gasteiger partial charge in [-0.3, -0.25) is 4.79 Å². The SMILES string of the molecule is O=C(Cc1csc2ccccc12)c1sccc1Cl. The van der Waals surface area contributed by atoms with Gasteiger partial charge in [-0.25, -0.2) is 0 Å². The minimum atomic E-state index is 0.0959. The maximum absolute atomic E-state index is 12.2. The Hall–Kier alpha value is -1.16. The summed E-state index contributed by atoms with van der Waals surface area (Å²) in [5.74, 6) is 0.0959. The van der Waals surface area contributed by atoms with E-state index in [1.807, 2.05) is 17.5 Å². The summed E-state index contributed by atoms with van der Waals surface area (Å²) in [6.45, 7) is 0. The second-order valence-corrected chi connectivity index (χ2v) is 6.19. The molecule has 0 aliphatic heterocycles. The number of carbonyl (C=O) groups is 1. The summed E-state index contributed by atoms with van der Waals surface area (Å²) < 4.78 is 1.22. The molecule has 0 fully saturated rings. The van der Waals surface area contributed by atoms with Gasteiger partial charge in [0.1, 0.15) is 0 Å². The Morgan fingerprint density at radius 2 is 2.00 bits per heavy atom. The van der Waals surface area contributed by atoms with Crippen LogP contribution in [-0.4, -0.2) is 5.78 Å². The van der Waals surface area contributed by atoms with Gasteiger partial charge in [0.25, 0.3) is 0 Å². The van der Waals surface area contributed by atoms with E-state index in [2.05, 4.69) is 17.5 Å². The van der Waals surface area contributed by atoms with Crippen LogP contribution in [0.1, 0.15) is 15.2 Å². The van der Waals surface area contributed by atoms with Crippen molar-refractivity contribution >= 4 is 50.1 Å². The smallest absolute Gasteiger partial charge is 0.178 e. The quantitative estimate of drug-likeness (QED) is 0.618. The molecule has 0 amide bonds. The van der Waals surface area contributed by atoms with Crippen molar-refractivity contribution in [2.45, 2.75) is 6.42 Å². The van der Waals surface area contributed by atoms with Gasteiger partial charge in [0, 0.05) is 11.1 Å². The number of rotatable bonds is 3. The number of hydrogen-bond acceptors (Lipinski definition) is 3. The predicted molar refractivity (Wildman–Crippen MR) is 79.2 cm³/mol. The normalized spacial score (nSPS) is 10.9. The summed E-state index contributed by atoms with van der Waals surface area (Å²) in [4.78, 5) is 12.8. The Morgan fingerprint density at radius 3 is 2.78 bits per heavy atom. The third-order valence-electron chi connectivity index (χ3n) is 2.78. The molecular weight excluding hydrogens is 284 g/mol. The van der Waals surface area contributed by atoms with E-state index in [9.17, 15) is 4.79 Å². The number of hydrogen-bond donors (Lipinski definition) is 0. The van der Waals surface area contributed by atoms with Gasteiger partial charge in [-0.2, -0.15) is 0 Å². The van der Waals surface area contributed by atoms with Crippen LogP contribution in [0.3, 0.4) is 0 Å². The maximum Gasteiger partial charge on any atom is 0.178 e. The molecule has 3 rings (SSSR count). The second-order valence-electron chi connectivity index (χ2n) is 3.95. The van der Waals surface area contributed by atoms with Gasteiger partial charge in [-0.15, -0.1) is 22.7 Å². The number of benzene rings is 1. The summed E-state index contributed by atoms with van der Waals surface area (Å²) in [5.41, 5.74) is 1.09. The van der Waals surface area contributed by atoms with Crippen LogP contribution in [0, 0.1) is 0 Å². The number of halogens is 1. The lowest BCUT2D eigenvalue weighted by atomic mass is 10.1. The third-order valence-corrected chi connectivity index (χ3v) is 5.18. The molecule has 0 aliphatic rings. The largest absolute Gasteiger partial charge is 0.293 e. The molecule has 1 aromatic carbocycles. The Kier molecular flexibility index (Phi) is 3.20. The number of fused-ring (bicyclic) bond motifs is 1. The van der Waals surface area contributed by atoms with E-state index in [1.165, 1.54) is 21.4 Å². The average Bonchev–Trinajstić information content (AvgIpc) is 2.97. The number of ketones is 1. The van der Waals surface area contributed by atoms with Crippen molar-refractivity contribution in [3.8, 4) is 0 Å². The zero-order valence-corrected chi connectivity index (χ0v) is 11.7. The molecule has 0 N–H and O–H groups in total. The third kappa shape index (κ3) is 2.09. The number of carbonyl (C=O) groups excluding carboxylic acids is 1. The van der Waals surface area contributed by atoms with E-state index in [-0.39, 0.29) is 5.78 Å². The first kappa shape index (κ1) is 11.9. The van der Waals surface area contributed by atoms with Crippen molar-refractivity contribution < 1.29 is 4.79 Å². The first-order valence-electron chi connectivity index (χ1n) is 5.47. The lowest BCUT2D eigenvalue weighted by molar-refractivity contribution is 0.0997. The number of thiophene rings is 2. The fourth-order valence-electron chi connectivity index (χ4n) is 1.92. The van der Waals surface area contributed by atoms with Crippen LogP contribution < -0.4 is 0 Å². The zero-order chi connectivity index (χ0) is 12.5. The highest BCUT2D eigenvalue weighted by Gasteiger charge is 2.14. The van der Waals surface area contributed by atoms with Crippen molar-refractivity contribution in [2.75, 3.05) is 0 Å². The van der Waals surface area contributed by atoms with Gasteiger partial charge in [0.15, 0.2) is 5.78 Å². The lowest BCUT2D eigenvalue weighted by Gasteiger charge is -1.98. The van der Waals surface area contributed by atoms with Gasteiger partial charge in [0.2, 0.25) is 0 Å². The molecule has 2 heterocycles. The standard InChI is InChI=1S/C14H9ClOS2/c15-11-5-6-17-14(11)12(16)7-9-8-18-13-4-2-1-3-10(9)13/h1-6,8H,7H2. The van der Waals surface area contributed by atoms with Gasteiger partial charge < -0.3 is 0 Å². The highest BCUT2D eigenvalue weighted by molar-refractivity contribution is 7.17. The highest BCUT2D eigenvalue weighted by atomic mass is 35.5. The molecular formula is C14H9ClOS2. The minimum Gasteiger partial charge on any atom is -0.293 e. The molecule has 1 nitrogen and oxygen atoms in total. The monoisotopic (exact) mass is 292 g/mol. The Labute approximate surface area is 118 Å². The first-order chi connectivity index (χ1) is 8.75. The Morgan fingerprint density at radius 1 is 1.17 bits per heavy atom. The molecule has 90 valence electrons. The zero-order valence-electron chi connectivity index (χ0n) is 9.35. The summed E-state index contributed by atoms with van der Waals surface area (Å²) in [5, 5.41) is 5.64. The fraction of sp³-hybridized carbons (Fsp3) is 0.0714. The van der Waals surface area contributed by atoms with Crippen LogP contribution >= 0.6 is 34.3 Å². The predicted octanol–water partition coefficient (Wildman–Crippen LogP) is 5.04. The van der Waals surface area contributed by atoms with Gasteiger partial charge in [-0.05, 0) is 33.8 Å². The topological polar surface area (TPSA) is 17.1 Å². The molecule has 0 unspecified atom stereocenters. The second kappa shape index (κ2) is 4.84. The fourth-order valence-corrected chi connectivity index (χ4v) is 3.98. The molecule has 0 atom stereocenters. The molecule has 0 bridgehead atoms. The van der Waals surface area contributed by atoms with E-state index in [1.54, 1.807) is 17.4 Å². The van der Waals surface area contributed by atoms with E-state index < -0.39 is 0 Å². The molecule has 4 heteroatoms. The highest BCUT2D eigenvalue weighted by Crippen LogP contribution is 2.29. The van der Waals surface area contributed by atoms with Crippen LogP contribution in [0.25, 0.3) is 10.1 Å². The molecule has 0 saturated heterocycles. The molecule has 18 heavy (non-hydrogen) atoms. The van der Waals surface area contributed by atoms with Gasteiger partial charge in [0.05, 0.1) is 9.90 Å². The molecule has 0 radical (unpaired) electrons. The molecule has 2 aromatic heterocycles. The van der Waals surface area contributed by atoms with Crippen molar-refractivity contribution in [2.24, 2.45) is 0 Å². The molecule has 0 saturated carbocycles. The van der Waals surface area contributed by atoms with Crippen LogP contribution in [0.4, 0.5) is 0 Å². The molecule has 3 aromatic rings. The first-order valence-corrected chi connectivity index (χ1v) is 7.61. The van der Waals surface area contributed by atoms with E-state index in [0.717, 1.165) is 5.56 Å². The van der Waals surface area contributed by atoms with E-state index in [4.69, 9.17) is 11.6 Å². The van der Waals surface area contributed by atoms with E-state index in [0.29, 0.717) is 16.3 Å². The van der Waals surface area contributed by atoms with Gasteiger partial charge >= 0.3 is 0 Å². The molecule has 0 aliphatic carbocycles. The van der Waals surface area contributed by atoms with Crippen molar-refractivity contribution in [3.05, 3.63) is 56.6 Å². The van der Waals surface area contributed by atoms with Crippen molar-refractivity contribution in [3.63, 3.8) is 0 Å². The Bertz CT molecular complexity index is 711. The van der Waals surface area contributed by atoms with Crippen molar-refractivity contribution in [1.29, 1.82) is 0 Å². The summed E-state index contributed by atoms with van der Waals surface area (Å²) in [7, 11) is 0. The lowest BCUT2D eigenvalue weighted by Crippen LogP contribution is -2.00. The van der Waals surface area contributed by atoms with Crippen LogP contribution in [0.15, 0.2) is 41.1 Å². The number of Topliss-reactive ketones (excluding diaryl/α,β-unsaturated/α-hetero) is 1. The van der Waals surface area contributed by atoms with Crippen LogP contribution in [-0.2, 0) is 6.42 Å². The Balaban J connectivity index is 1.93. The molecule has 0 spiro atoms. The van der Waals surface area contributed by atoms with Crippen LogP contribution in [0.2, 0.25) is 5.02 Å². The summed E-state index contributed by atoms with van der Waals surface area (Å²) >= 11 is 9.07. The maximum atomic E-state index is 12.2. The van der Waals surface area contributed by atoms with Crippen LogP contribution in [0.5, 0.6) is 0 Å². The van der Waals surface area contributed by atoms with E-state index >= 15 is 0 Å². The summed E-state index contributed by atoms with van der Waals surface area (Å²) in [6.07, 6.45) is 0.421. The van der Waals surface area contributed by atoms with Crippen molar-refractivity contribution in [1.82, 2.24) is 0 Å². The average molecular weight is 293 g/mol. The minimum absolute atomic E-state index is 0.0959. The van der Waals surface area contributed by atoms with Gasteiger partial charge in [-0.1, -0.05) is 29.8 Å².